The highest BCUT2D eigenvalue weighted by molar-refractivity contribution is 4.55. The van der Waals surface area contributed by atoms with Crippen LogP contribution in [-0.4, -0.2) is 52.5 Å². The van der Waals surface area contributed by atoms with Crippen LogP contribution in [-0.2, 0) is 4.74 Å². The molecule has 0 aliphatic carbocycles. The van der Waals surface area contributed by atoms with Crippen LogP contribution in [0.25, 0.3) is 0 Å². The summed E-state index contributed by atoms with van der Waals surface area (Å²) in [5.41, 5.74) is 0. The minimum atomic E-state index is 0.889. The van der Waals surface area contributed by atoms with Crippen LogP contribution >= 0.6 is 0 Å². The predicted molar refractivity (Wildman–Crippen MR) is 74.6 cm³/mol. The Bertz CT molecular complexity index is 88.8. The van der Waals surface area contributed by atoms with Crippen molar-refractivity contribution in [3.8, 4) is 0 Å². The van der Waals surface area contributed by atoms with Crippen LogP contribution in [0.3, 0.4) is 0 Å². The fourth-order valence-corrected chi connectivity index (χ4v) is 1.57. The molecule has 2 aliphatic heterocycles. The van der Waals surface area contributed by atoms with E-state index in [1.807, 2.05) is 0 Å². The number of rotatable bonds is 2. The van der Waals surface area contributed by atoms with Gasteiger partial charge in [0.1, 0.15) is 0 Å². The Morgan fingerprint density at radius 1 is 0.824 bits per heavy atom. The number of hydrogen-bond donors (Lipinski definition) is 3. The maximum atomic E-state index is 5.01. The molecule has 0 saturated carbocycles. The van der Waals surface area contributed by atoms with Gasteiger partial charge in [-0.15, -0.1) is 0 Å². The van der Waals surface area contributed by atoms with Crippen molar-refractivity contribution in [2.45, 2.75) is 33.1 Å². The Morgan fingerprint density at radius 3 is 1.47 bits per heavy atom. The molecule has 17 heavy (non-hydrogen) atoms. The van der Waals surface area contributed by atoms with Gasteiger partial charge in [0.15, 0.2) is 0 Å². The summed E-state index contributed by atoms with van der Waals surface area (Å²) in [5, 5.41) is 9.56. The topological polar surface area (TPSA) is 45.3 Å². The summed E-state index contributed by atoms with van der Waals surface area (Å²) in [7, 11) is 0. The fourth-order valence-electron chi connectivity index (χ4n) is 1.57. The van der Waals surface area contributed by atoms with Crippen LogP contribution in [0.4, 0.5) is 0 Å². The second kappa shape index (κ2) is 15.8. The van der Waals surface area contributed by atoms with Crippen molar-refractivity contribution in [3.05, 3.63) is 0 Å². The second-order valence-corrected chi connectivity index (χ2v) is 4.13. The van der Waals surface area contributed by atoms with Gasteiger partial charge in [-0.2, -0.15) is 0 Å². The molecule has 2 aliphatic rings. The van der Waals surface area contributed by atoms with E-state index in [-0.39, 0.29) is 0 Å². The van der Waals surface area contributed by atoms with Gasteiger partial charge in [-0.05, 0) is 39.0 Å². The summed E-state index contributed by atoms with van der Waals surface area (Å²) in [6.07, 6.45) is 4.22. The highest BCUT2D eigenvalue weighted by Crippen LogP contribution is 1.96. The van der Waals surface area contributed by atoms with Crippen molar-refractivity contribution in [1.82, 2.24) is 16.0 Å². The molecule has 0 aromatic rings. The Hall–Kier alpha value is -0.160. The quantitative estimate of drug-likeness (QED) is 0.679. The normalized spacial score (nSPS) is 19.4. The Kier molecular flexibility index (Phi) is 15.7. The fraction of sp³-hybridized carbons (Fsp3) is 1.00. The van der Waals surface area contributed by atoms with Crippen LogP contribution in [0, 0.1) is 0 Å². The minimum Gasteiger partial charge on any atom is -0.379 e. The summed E-state index contributed by atoms with van der Waals surface area (Å²) < 4.78 is 5.01. The minimum absolute atomic E-state index is 0.889. The first-order chi connectivity index (χ1) is 8.41. The summed E-state index contributed by atoms with van der Waals surface area (Å²) >= 11 is 0. The standard InChI is InChI=1S/C5H11N.C4H9NO.C4H11N/c1-2-4-6-5-3-1;1-3-6-4-2-5-1;1-3-5-4-2/h6H,1-5H2;5H,1-4H2;5H,3-4H2,1-2H3. The van der Waals surface area contributed by atoms with E-state index in [0.717, 1.165) is 39.4 Å². The summed E-state index contributed by atoms with van der Waals surface area (Å²) in [5.74, 6) is 0. The summed E-state index contributed by atoms with van der Waals surface area (Å²) in [4.78, 5) is 0. The van der Waals surface area contributed by atoms with E-state index in [9.17, 15) is 0 Å². The molecule has 104 valence electrons. The number of hydrogen-bond acceptors (Lipinski definition) is 4. The summed E-state index contributed by atoms with van der Waals surface area (Å²) in [6, 6.07) is 0. The van der Waals surface area contributed by atoms with Gasteiger partial charge in [0, 0.05) is 13.1 Å². The summed E-state index contributed by atoms with van der Waals surface area (Å²) in [6.45, 7) is 12.7. The molecule has 4 heteroatoms. The molecular formula is C13H31N3O. The third kappa shape index (κ3) is 15.8. The van der Waals surface area contributed by atoms with Crippen LogP contribution in [0.2, 0.25) is 0 Å². The molecule has 0 bridgehead atoms. The van der Waals surface area contributed by atoms with Crippen molar-refractivity contribution in [2.24, 2.45) is 0 Å². The van der Waals surface area contributed by atoms with Gasteiger partial charge < -0.3 is 20.7 Å². The number of piperidine rings is 1. The Labute approximate surface area is 107 Å². The molecule has 2 saturated heterocycles. The third-order valence-corrected chi connectivity index (χ3v) is 2.55. The van der Waals surface area contributed by atoms with E-state index in [0.29, 0.717) is 0 Å². The van der Waals surface area contributed by atoms with Gasteiger partial charge in [-0.1, -0.05) is 20.3 Å². The van der Waals surface area contributed by atoms with Crippen molar-refractivity contribution in [2.75, 3.05) is 52.5 Å². The van der Waals surface area contributed by atoms with Gasteiger partial charge in [-0.25, -0.2) is 0 Å². The molecule has 0 aromatic heterocycles. The molecule has 4 nitrogen and oxygen atoms in total. The smallest absolute Gasteiger partial charge is 0.0591 e. The Morgan fingerprint density at radius 2 is 1.35 bits per heavy atom. The molecule has 2 heterocycles. The molecule has 3 N–H and O–H groups in total. The van der Waals surface area contributed by atoms with Crippen molar-refractivity contribution in [3.63, 3.8) is 0 Å². The first-order valence-corrected chi connectivity index (χ1v) is 7.11. The molecule has 0 atom stereocenters. The number of ether oxygens (including phenoxy) is 1. The van der Waals surface area contributed by atoms with E-state index in [2.05, 4.69) is 29.8 Å². The van der Waals surface area contributed by atoms with Crippen molar-refractivity contribution < 1.29 is 4.74 Å². The first-order valence-electron chi connectivity index (χ1n) is 7.11. The van der Waals surface area contributed by atoms with Crippen LogP contribution < -0.4 is 16.0 Å². The largest absolute Gasteiger partial charge is 0.379 e. The molecule has 2 rings (SSSR count). The van der Waals surface area contributed by atoms with E-state index in [1.165, 1.54) is 32.4 Å². The molecule has 0 radical (unpaired) electrons. The van der Waals surface area contributed by atoms with E-state index >= 15 is 0 Å². The molecule has 2 fully saturated rings. The average Bonchev–Trinajstić information content (AvgIpc) is 2.45. The van der Waals surface area contributed by atoms with Crippen LogP contribution in [0.5, 0.6) is 0 Å². The maximum absolute atomic E-state index is 5.01. The SMILES string of the molecule is C1CCNCC1.C1COCCN1.CCNCC. The first kappa shape index (κ1) is 16.8. The third-order valence-electron chi connectivity index (χ3n) is 2.55. The van der Waals surface area contributed by atoms with Gasteiger partial charge in [-0.3, -0.25) is 0 Å². The average molecular weight is 245 g/mol. The molecule has 0 unspecified atom stereocenters. The molecule has 0 spiro atoms. The zero-order chi connectivity index (χ0) is 12.6. The highest BCUT2D eigenvalue weighted by atomic mass is 16.5. The zero-order valence-electron chi connectivity index (χ0n) is 11.7. The van der Waals surface area contributed by atoms with Gasteiger partial charge in [0.2, 0.25) is 0 Å². The maximum Gasteiger partial charge on any atom is 0.0591 e. The van der Waals surface area contributed by atoms with Gasteiger partial charge >= 0.3 is 0 Å². The monoisotopic (exact) mass is 245 g/mol. The van der Waals surface area contributed by atoms with Crippen LogP contribution in [0.15, 0.2) is 0 Å². The molecular weight excluding hydrogens is 214 g/mol. The highest BCUT2D eigenvalue weighted by Gasteiger charge is 1.94. The zero-order valence-corrected chi connectivity index (χ0v) is 11.7. The van der Waals surface area contributed by atoms with Crippen molar-refractivity contribution >= 4 is 0 Å². The lowest BCUT2D eigenvalue weighted by atomic mass is 10.2. The predicted octanol–water partition coefficient (Wildman–Crippen LogP) is 0.982. The molecule has 0 amide bonds. The lowest BCUT2D eigenvalue weighted by molar-refractivity contribution is 0.109. The van der Waals surface area contributed by atoms with Gasteiger partial charge in [0.25, 0.3) is 0 Å². The Balaban J connectivity index is 0.000000228. The molecule has 0 aromatic carbocycles. The second-order valence-electron chi connectivity index (χ2n) is 4.13. The van der Waals surface area contributed by atoms with E-state index < -0.39 is 0 Å². The lowest BCUT2D eigenvalue weighted by Crippen LogP contribution is -2.30. The number of morpholine rings is 1. The van der Waals surface area contributed by atoms with Crippen LogP contribution in [0.1, 0.15) is 33.1 Å². The van der Waals surface area contributed by atoms with E-state index in [4.69, 9.17) is 4.74 Å². The number of nitrogens with one attached hydrogen (secondary N) is 3. The van der Waals surface area contributed by atoms with Gasteiger partial charge in [0.05, 0.1) is 13.2 Å². The lowest BCUT2D eigenvalue weighted by Gasteiger charge is -2.10. The van der Waals surface area contributed by atoms with E-state index in [1.54, 1.807) is 0 Å². The van der Waals surface area contributed by atoms with Crippen molar-refractivity contribution in [1.29, 1.82) is 0 Å².